The number of hydrazone groups is 1. The van der Waals surface area contributed by atoms with Crippen LogP contribution in [0.1, 0.15) is 18.1 Å². The maximum Gasteiger partial charge on any atom is 0.311 e. The van der Waals surface area contributed by atoms with Crippen LogP contribution < -0.4 is 19.6 Å². The maximum absolute atomic E-state index is 12.0. The molecule has 1 N–H and O–H groups in total. The van der Waals surface area contributed by atoms with Crippen molar-refractivity contribution < 1.29 is 23.9 Å². The largest absolute Gasteiger partial charge is 0.493 e. The SMILES string of the molecule is COc1ccc(C(C)=NNC(=O)COc2ccc(C)cc2[N+](=O)[O-])cc1OC. The van der Waals surface area contributed by atoms with Gasteiger partial charge in [0.15, 0.2) is 23.9 Å². The number of ether oxygens (including phenoxy) is 3. The predicted octanol–water partition coefficient (Wildman–Crippen LogP) is 2.84. The lowest BCUT2D eigenvalue weighted by molar-refractivity contribution is -0.385. The van der Waals surface area contributed by atoms with E-state index in [9.17, 15) is 14.9 Å². The van der Waals surface area contributed by atoms with Gasteiger partial charge in [0.25, 0.3) is 5.91 Å². The highest BCUT2D eigenvalue weighted by Gasteiger charge is 2.16. The van der Waals surface area contributed by atoms with Gasteiger partial charge in [-0.05, 0) is 43.7 Å². The van der Waals surface area contributed by atoms with Crippen molar-refractivity contribution in [1.29, 1.82) is 0 Å². The van der Waals surface area contributed by atoms with Gasteiger partial charge in [0.2, 0.25) is 0 Å². The van der Waals surface area contributed by atoms with Gasteiger partial charge in [-0.15, -0.1) is 0 Å². The highest BCUT2D eigenvalue weighted by molar-refractivity contribution is 5.99. The van der Waals surface area contributed by atoms with Crippen molar-refractivity contribution in [3.05, 3.63) is 57.6 Å². The number of hydrogen-bond acceptors (Lipinski definition) is 7. The van der Waals surface area contributed by atoms with Crippen molar-refractivity contribution in [3.63, 3.8) is 0 Å². The summed E-state index contributed by atoms with van der Waals surface area (Å²) in [5, 5.41) is 15.1. The fraction of sp³-hybridized carbons (Fsp3) is 0.263. The summed E-state index contributed by atoms with van der Waals surface area (Å²) in [5.41, 5.74) is 4.15. The minimum absolute atomic E-state index is 0.0198. The second-order valence-electron chi connectivity index (χ2n) is 5.82. The number of nitro benzene ring substituents is 1. The van der Waals surface area contributed by atoms with Crippen molar-refractivity contribution in [2.45, 2.75) is 13.8 Å². The molecule has 0 aliphatic rings. The standard InChI is InChI=1S/C19H21N3O6/c1-12-5-7-16(15(9-12)22(24)25)28-11-19(23)21-20-13(2)14-6-8-17(26-3)18(10-14)27-4/h5-10H,11H2,1-4H3,(H,21,23). The first kappa shape index (κ1) is 20.7. The molecule has 0 fully saturated rings. The zero-order valence-corrected chi connectivity index (χ0v) is 16.0. The Morgan fingerprint density at radius 3 is 2.43 bits per heavy atom. The summed E-state index contributed by atoms with van der Waals surface area (Å²) in [5.74, 6) is 0.591. The van der Waals surface area contributed by atoms with Gasteiger partial charge in [-0.2, -0.15) is 5.10 Å². The second-order valence-corrected chi connectivity index (χ2v) is 5.82. The molecule has 28 heavy (non-hydrogen) atoms. The molecule has 9 heteroatoms. The number of carbonyl (C=O) groups excluding carboxylic acids is 1. The van der Waals surface area contributed by atoms with Crippen LogP contribution in [0.15, 0.2) is 41.5 Å². The Labute approximate surface area is 162 Å². The summed E-state index contributed by atoms with van der Waals surface area (Å²) < 4.78 is 15.7. The average Bonchev–Trinajstić information content (AvgIpc) is 2.70. The van der Waals surface area contributed by atoms with Crippen LogP contribution in [0.25, 0.3) is 0 Å². The predicted molar refractivity (Wildman–Crippen MR) is 103 cm³/mol. The normalized spacial score (nSPS) is 10.9. The van der Waals surface area contributed by atoms with Gasteiger partial charge in [0.1, 0.15) is 0 Å². The zero-order chi connectivity index (χ0) is 20.7. The number of benzene rings is 2. The van der Waals surface area contributed by atoms with E-state index in [2.05, 4.69) is 10.5 Å². The summed E-state index contributed by atoms with van der Waals surface area (Å²) in [6.45, 7) is 3.04. The van der Waals surface area contributed by atoms with Crippen LogP contribution in [0.3, 0.4) is 0 Å². The molecular weight excluding hydrogens is 366 g/mol. The molecule has 0 spiro atoms. The van der Waals surface area contributed by atoms with Crippen LogP contribution in [-0.2, 0) is 4.79 Å². The molecule has 0 radical (unpaired) electrons. The molecule has 0 aliphatic heterocycles. The Balaban J connectivity index is 2.01. The van der Waals surface area contributed by atoms with Gasteiger partial charge >= 0.3 is 5.69 Å². The lowest BCUT2D eigenvalue weighted by atomic mass is 10.1. The number of nitrogens with one attached hydrogen (secondary N) is 1. The van der Waals surface area contributed by atoms with Gasteiger partial charge in [-0.25, -0.2) is 5.43 Å². The first-order chi connectivity index (χ1) is 13.3. The molecule has 2 aromatic rings. The average molecular weight is 387 g/mol. The summed E-state index contributed by atoms with van der Waals surface area (Å²) in [4.78, 5) is 22.5. The summed E-state index contributed by atoms with van der Waals surface area (Å²) in [7, 11) is 3.06. The second kappa shape index (κ2) is 9.36. The van der Waals surface area contributed by atoms with Crippen molar-refractivity contribution >= 4 is 17.3 Å². The Bertz CT molecular complexity index is 911. The molecule has 0 aliphatic carbocycles. The molecule has 0 bridgehead atoms. The van der Waals surface area contributed by atoms with Gasteiger partial charge in [-0.1, -0.05) is 6.07 Å². The van der Waals surface area contributed by atoms with E-state index in [1.165, 1.54) is 26.4 Å². The fourth-order valence-electron chi connectivity index (χ4n) is 2.34. The number of aryl methyl sites for hydroxylation is 1. The first-order valence-electron chi connectivity index (χ1n) is 8.29. The molecule has 148 valence electrons. The summed E-state index contributed by atoms with van der Waals surface area (Å²) >= 11 is 0. The third kappa shape index (κ3) is 5.19. The van der Waals surface area contributed by atoms with Crippen molar-refractivity contribution in [2.24, 2.45) is 5.10 Å². The van der Waals surface area contributed by atoms with E-state index in [0.29, 0.717) is 17.2 Å². The quantitative estimate of drug-likeness (QED) is 0.423. The van der Waals surface area contributed by atoms with Crippen molar-refractivity contribution in [3.8, 4) is 17.2 Å². The number of rotatable bonds is 8. The number of carbonyl (C=O) groups is 1. The number of amides is 1. The van der Waals surface area contributed by atoms with Crippen LogP contribution in [0.5, 0.6) is 17.2 Å². The lowest BCUT2D eigenvalue weighted by Crippen LogP contribution is -2.25. The van der Waals surface area contributed by atoms with Crippen molar-refractivity contribution in [1.82, 2.24) is 5.43 Å². The minimum Gasteiger partial charge on any atom is -0.493 e. The van der Waals surface area contributed by atoms with E-state index < -0.39 is 17.4 Å². The Morgan fingerprint density at radius 1 is 1.11 bits per heavy atom. The van der Waals surface area contributed by atoms with Gasteiger partial charge in [0, 0.05) is 11.6 Å². The van der Waals surface area contributed by atoms with Crippen LogP contribution in [0.4, 0.5) is 5.69 Å². The molecule has 0 aromatic heterocycles. The number of hydrogen-bond donors (Lipinski definition) is 1. The number of methoxy groups -OCH3 is 2. The summed E-state index contributed by atoms with van der Waals surface area (Å²) in [6, 6.07) is 9.74. The van der Waals surface area contributed by atoms with Crippen LogP contribution in [-0.4, -0.2) is 37.4 Å². The van der Waals surface area contributed by atoms with Crippen LogP contribution in [0, 0.1) is 17.0 Å². The molecule has 0 unspecified atom stereocenters. The highest BCUT2D eigenvalue weighted by Crippen LogP contribution is 2.28. The topological polar surface area (TPSA) is 112 Å². The van der Waals surface area contributed by atoms with E-state index in [0.717, 1.165) is 11.1 Å². The third-order valence-corrected chi connectivity index (χ3v) is 3.82. The van der Waals surface area contributed by atoms with Crippen molar-refractivity contribution in [2.75, 3.05) is 20.8 Å². The third-order valence-electron chi connectivity index (χ3n) is 3.82. The molecular formula is C19H21N3O6. The molecule has 0 saturated carbocycles. The Kier molecular flexibility index (Phi) is 6.91. The molecule has 9 nitrogen and oxygen atoms in total. The summed E-state index contributed by atoms with van der Waals surface area (Å²) in [6.07, 6.45) is 0. The molecule has 1 amide bonds. The molecule has 2 aromatic carbocycles. The lowest BCUT2D eigenvalue weighted by Gasteiger charge is -2.10. The van der Waals surface area contributed by atoms with Crippen LogP contribution >= 0.6 is 0 Å². The fourth-order valence-corrected chi connectivity index (χ4v) is 2.34. The monoisotopic (exact) mass is 387 g/mol. The zero-order valence-electron chi connectivity index (χ0n) is 16.0. The maximum atomic E-state index is 12.0. The molecule has 2 rings (SSSR count). The number of nitro groups is 1. The van der Waals surface area contributed by atoms with E-state index in [4.69, 9.17) is 14.2 Å². The van der Waals surface area contributed by atoms with Gasteiger partial charge < -0.3 is 14.2 Å². The minimum atomic E-state index is -0.556. The first-order valence-corrected chi connectivity index (χ1v) is 8.29. The van der Waals surface area contributed by atoms with E-state index >= 15 is 0 Å². The van der Waals surface area contributed by atoms with E-state index in [1.807, 2.05) is 0 Å². The Morgan fingerprint density at radius 2 is 1.79 bits per heavy atom. The Hall–Kier alpha value is -3.62. The van der Waals surface area contributed by atoms with E-state index in [-0.39, 0.29) is 11.4 Å². The molecule has 0 atom stereocenters. The smallest absolute Gasteiger partial charge is 0.311 e. The molecule has 0 saturated heterocycles. The molecule has 0 heterocycles. The number of nitrogens with zero attached hydrogens (tertiary/aromatic N) is 2. The van der Waals surface area contributed by atoms with Gasteiger partial charge in [-0.3, -0.25) is 14.9 Å². The van der Waals surface area contributed by atoms with Crippen LogP contribution in [0.2, 0.25) is 0 Å². The van der Waals surface area contributed by atoms with Gasteiger partial charge in [0.05, 0.1) is 24.9 Å². The van der Waals surface area contributed by atoms with E-state index in [1.54, 1.807) is 38.1 Å². The highest BCUT2D eigenvalue weighted by atomic mass is 16.6.